The predicted octanol–water partition coefficient (Wildman–Crippen LogP) is -0.182. The average Bonchev–Trinajstić information content (AvgIpc) is 2.51. The minimum absolute atomic E-state index is 0.260. The van der Waals surface area contributed by atoms with Crippen LogP contribution in [-0.4, -0.2) is 49.3 Å². The van der Waals surface area contributed by atoms with Crippen LogP contribution >= 0.6 is 11.6 Å². The SMILES string of the molecule is [B]c1cc(Cl)c([B])c(-c2cnc(C(=O)NCC(=O)O)c(O)c2)c1C. The van der Waals surface area contributed by atoms with Crippen molar-refractivity contribution in [1.29, 1.82) is 0 Å². The molecule has 2 rings (SSSR count). The maximum atomic E-state index is 11.8. The average molecular weight is 340 g/mol. The van der Waals surface area contributed by atoms with Gasteiger partial charge in [0, 0.05) is 16.8 Å². The van der Waals surface area contributed by atoms with Gasteiger partial charge in [0.15, 0.2) is 5.69 Å². The standard InChI is InChI=1S/C15H11B2ClN2O4/c1-6-8(16)3-9(18)13(17)12(6)7-2-10(21)14(19-4-7)15(24)20-5-11(22)23/h2-4,21H,5H2,1H3,(H,20,24)(H,22,23). The zero-order chi connectivity index (χ0) is 18.0. The topological polar surface area (TPSA) is 99.5 Å². The first-order valence-corrected chi connectivity index (χ1v) is 7.13. The first-order valence-electron chi connectivity index (χ1n) is 6.75. The second kappa shape index (κ2) is 6.97. The number of pyridine rings is 1. The van der Waals surface area contributed by atoms with Crippen molar-refractivity contribution in [2.75, 3.05) is 6.54 Å². The molecule has 0 unspecified atom stereocenters. The van der Waals surface area contributed by atoms with Crippen molar-refractivity contribution in [3.8, 4) is 16.9 Å². The molecule has 9 heteroatoms. The number of aromatic hydroxyl groups is 1. The number of nitrogens with one attached hydrogen (secondary N) is 1. The number of carbonyl (C=O) groups excluding carboxylic acids is 1. The number of nitrogens with zero attached hydrogens (tertiary/aromatic N) is 1. The van der Waals surface area contributed by atoms with Crippen LogP contribution < -0.4 is 16.2 Å². The number of amides is 1. The second-order valence-corrected chi connectivity index (χ2v) is 5.44. The summed E-state index contributed by atoms with van der Waals surface area (Å²) in [4.78, 5) is 26.1. The molecule has 0 saturated carbocycles. The van der Waals surface area contributed by atoms with Gasteiger partial charge in [0.05, 0.1) is 0 Å². The molecular formula is C15H11B2ClN2O4. The zero-order valence-corrected chi connectivity index (χ0v) is 13.4. The summed E-state index contributed by atoms with van der Waals surface area (Å²) in [6.45, 7) is 1.15. The fraction of sp³-hybridized carbons (Fsp3) is 0.133. The summed E-state index contributed by atoms with van der Waals surface area (Å²) in [5.74, 6) is -2.44. The molecule has 3 N–H and O–H groups in total. The first kappa shape index (κ1) is 17.9. The van der Waals surface area contributed by atoms with E-state index in [1.54, 1.807) is 6.92 Å². The van der Waals surface area contributed by atoms with Gasteiger partial charge in [-0.3, -0.25) is 9.59 Å². The highest BCUT2D eigenvalue weighted by Crippen LogP contribution is 2.26. The Morgan fingerprint density at radius 3 is 2.58 bits per heavy atom. The van der Waals surface area contributed by atoms with Crippen LogP contribution in [0.5, 0.6) is 5.75 Å². The molecule has 0 aliphatic heterocycles. The summed E-state index contributed by atoms with van der Waals surface area (Å²) in [6, 6.07) is 2.81. The van der Waals surface area contributed by atoms with Crippen molar-refractivity contribution in [2.24, 2.45) is 0 Å². The first-order chi connectivity index (χ1) is 11.2. The number of carboxylic acid groups (broad SMARTS) is 1. The molecular weight excluding hydrogens is 329 g/mol. The van der Waals surface area contributed by atoms with E-state index in [0.29, 0.717) is 22.2 Å². The molecule has 0 aliphatic rings. The van der Waals surface area contributed by atoms with E-state index in [4.69, 9.17) is 32.4 Å². The van der Waals surface area contributed by atoms with Gasteiger partial charge in [-0.1, -0.05) is 34.2 Å². The molecule has 0 spiro atoms. The molecule has 6 nitrogen and oxygen atoms in total. The normalized spacial score (nSPS) is 10.4. The van der Waals surface area contributed by atoms with Crippen LogP contribution in [0.4, 0.5) is 0 Å². The Kier molecular flexibility index (Phi) is 5.19. The number of halogens is 1. The fourth-order valence-electron chi connectivity index (χ4n) is 2.16. The Balaban J connectivity index is 2.44. The van der Waals surface area contributed by atoms with E-state index in [9.17, 15) is 14.7 Å². The van der Waals surface area contributed by atoms with Crippen molar-refractivity contribution in [3.05, 3.63) is 34.6 Å². The number of benzene rings is 1. The van der Waals surface area contributed by atoms with Crippen LogP contribution in [-0.2, 0) is 4.79 Å². The van der Waals surface area contributed by atoms with Crippen molar-refractivity contribution in [1.82, 2.24) is 10.3 Å². The summed E-state index contributed by atoms with van der Waals surface area (Å²) in [5.41, 5.74) is 1.97. The van der Waals surface area contributed by atoms with Crippen LogP contribution in [0.1, 0.15) is 16.1 Å². The van der Waals surface area contributed by atoms with Crippen LogP contribution in [0.2, 0.25) is 5.02 Å². The van der Waals surface area contributed by atoms with Crippen LogP contribution in [0.15, 0.2) is 18.3 Å². The lowest BCUT2D eigenvalue weighted by Crippen LogP contribution is -2.30. The van der Waals surface area contributed by atoms with Gasteiger partial charge < -0.3 is 15.5 Å². The van der Waals surface area contributed by atoms with Gasteiger partial charge >= 0.3 is 5.97 Å². The molecule has 2 aromatic rings. The Labute approximate surface area is 145 Å². The quantitative estimate of drug-likeness (QED) is 0.671. The van der Waals surface area contributed by atoms with Gasteiger partial charge in [-0.05, 0) is 18.6 Å². The van der Waals surface area contributed by atoms with Gasteiger partial charge in [-0.25, -0.2) is 4.98 Å². The molecule has 0 aliphatic carbocycles. The predicted molar refractivity (Wildman–Crippen MR) is 91.8 cm³/mol. The van der Waals surface area contributed by atoms with Crippen molar-refractivity contribution in [3.63, 3.8) is 0 Å². The van der Waals surface area contributed by atoms with Gasteiger partial charge in [0.1, 0.15) is 28.0 Å². The third-order valence-electron chi connectivity index (χ3n) is 3.39. The molecule has 1 aromatic heterocycles. The third kappa shape index (κ3) is 3.54. The zero-order valence-electron chi connectivity index (χ0n) is 12.6. The summed E-state index contributed by atoms with van der Waals surface area (Å²) in [6.07, 6.45) is 1.32. The molecule has 1 aromatic carbocycles. The van der Waals surface area contributed by atoms with Crippen molar-refractivity contribution in [2.45, 2.75) is 6.92 Å². The third-order valence-corrected chi connectivity index (χ3v) is 3.70. The minimum atomic E-state index is -1.21. The number of aliphatic carboxylic acids is 1. The number of hydrogen-bond donors (Lipinski definition) is 3. The number of carbonyl (C=O) groups is 2. The Bertz CT molecular complexity index is 816. The molecule has 118 valence electrons. The summed E-state index contributed by atoms with van der Waals surface area (Å²) < 4.78 is 0. The maximum Gasteiger partial charge on any atom is 0.322 e. The van der Waals surface area contributed by atoms with Crippen LogP contribution in [0.25, 0.3) is 11.1 Å². The lowest BCUT2D eigenvalue weighted by molar-refractivity contribution is -0.135. The summed E-state index contributed by atoms with van der Waals surface area (Å²) in [5, 5.41) is 21.0. The van der Waals surface area contributed by atoms with Crippen LogP contribution in [0, 0.1) is 6.92 Å². The number of rotatable bonds is 4. The lowest BCUT2D eigenvalue weighted by Gasteiger charge is -2.16. The van der Waals surface area contributed by atoms with E-state index < -0.39 is 24.2 Å². The van der Waals surface area contributed by atoms with Gasteiger partial charge in [-0.15, -0.1) is 0 Å². The van der Waals surface area contributed by atoms with E-state index in [1.165, 1.54) is 18.3 Å². The van der Waals surface area contributed by atoms with Crippen LogP contribution in [0.3, 0.4) is 0 Å². The van der Waals surface area contributed by atoms with Gasteiger partial charge in [0.2, 0.25) is 0 Å². The maximum absolute atomic E-state index is 11.8. The Morgan fingerprint density at radius 1 is 1.33 bits per heavy atom. The van der Waals surface area contributed by atoms with E-state index in [1.807, 2.05) is 0 Å². The number of hydrogen-bond acceptors (Lipinski definition) is 4. The molecule has 4 radical (unpaired) electrons. The largest absolute Gasteiger partial charge is 0.505 e. The van der Waals surface area contributed by atoms with E-state index in [2.05, 4.69) is 10.3 Å². The van der Waals surface area contributed by atoms with E-state index in [0.717, 1.165) is 0 Å². The smallest absolute Gasteiger partial charge is 0.322 e. The van der Waals surface area contributed by atoms with Crippen molar-refractivity contribution >= 4 is 50.1 Å². The number of aromatic nitrogens is 1. The molecule has 24 heavy (non-hydrogen) atoms. The van der Waals surface area contributed by atoms with Gasteiger partial charge in [-0.2, -0.15) is 0 Å². The fourth-order valence-corrected chi connectivity index (χ4v) is 2.38. The van der Waals surface area contributed by atoms with Crippen molar-refractivity contribution < 1.29 is 19.8 Å². The van der Waals surface area contributed by atoms with E-state index in [-0.39, 0.29) is 16.2 Å². The molecule has 1 amide bonds. The number of carboxylic acids is 1. The highest BCUT2D eigenvalue weighted by molar-refractivity contribution is 6.49. The molecule has 0 atom stereocenters. The highest BCUT2D eigenvalue weighted by Gasteiger charge is 2.17. The lowest BCUT2D eigenvalue weighted by atomic mass is 9.78. The Hall–Kier alpha value is -2.47. The molecule has 0 saturated heterocycles. The van der Waals surface area contributed by atoms with Gasteiger partial charge in [0.25, 0.3) is 5.91 Å². The molecule has 0 fully saturated rings. The second-order valence-electron chi connectivity index (χ2n) is 5.03. The molecule has 0 bridgehead atoms. The molecule has 1 heterocycles. The monoisotopic (exact) mass is 340 g/mol. The summed E-state index contributed by atoms with van der Waals surface area (Å²) >= 11 is 6.03. The Morgan fingerprint density at radius 2 is 2.00 bits per heavy atom. The summed E-state index contributed by atoms with van der Waals surface area (Å²) in [7, 11) is 11.8. The minimum Gasteiger partial charge on any atom is -0.505 e. The van der Waals surface area contributed by atoms with E-state index >= 15 is 0 Å². The highest BCUT2D eigenvalue weighted by atomic mass is 35.5.